The summed E-state index contributed by atoms with van der Waals surface area (Å²) in [5.41, 5.74) is 0.893. The van der Waals surface area contributed by atoms with E-state index in [0.29, 0.717) is 23.4 Å². The molecule has 0 aliphatic rings. The number of halogens is 4. The van der Waals surface area contributed by atoms with Gasteiger partial charge in [0.2, 0.25) is 0 Å². The standard InChI is InChI=1S/C28H23ClF3NO3/c1-17(23-8-4-6-18-5-2-3-7-24(18)23)33-11-12-36-22-14-20(13-21(15-22)27(34)35)19-9-10-25(26(29)16-19)28(30,31)32/h2-10,13-17,33H,11-12H2,1H3,(H,34,35)/t17-/m1/s1. The SMILES string of the molecule is C[C@@H](NCCOc1cc(C(=O)O)cc(-c2ccc(C(F)(F)F)c(Cl)c2)c1)c1cccc2ccccc12. The van der Waals surface area contributed by atoms with Gasteiger partial charge in [-0.3, -0.25) is 0 Å². The minimum atomic E-state index is -4.58. The Kier molecular flexibility index (Phi) is 7.52. The lowest BCUT2D eigenvalue weighted by Gasteiger charge is -2.17. The summed E-state index contributed by atoms with van der Waals surface area (Å²) >= 11 is 5.85. The van der Waals surface area contributed by atoms with Crippen LogP contribution in [0.5, 0.6) is 5.75 Å². The number of alkyl halides is 3. The number of carboxylic acid groups (broad SMARTS) is 1. The summed E-state index contributed by atoms with van der Waals surface area (Å²) in [7, 11) is 0. The summed E-state index contributed by atoms with van der Waals surface area (Å²) < 4.78 is 44.9. The lowest BCUT2D eigenvalue weighted by atomic mass is 10.00. The molecule has 4 aromatic carbocycles. The third kappa shape index (κ3) is 5.80. The minimum absolute atomic E-state index is 0.0457. The molecule has 0 saturated carbocycles. The zero-order valence-electron chi connectivity index (χ0n) is 19.3. The highest BCUT2D eigenvalue weighted by Gasteiger charge is 2.33. The molecule has 2 N–H and O–H groups in total. The van der Waals surface area contributed by atoms with Crippen LogP contribution in [0.3, 0.4) is 0 Å². The molecule has 0 aromatic heterocycles. The van der Waals surface area contributed by atoms with Crippen LogP contribution in [0.25, 0.3) is 21.9 Å². The van der Waals surface area contributed by atoms with Crippen LogP contribution in [0.2, 0.25) is 5.02 Å². The van der Waals surface area contributed by atoms with Gasteiger partial charge in [0.25, 0.3) is 0 Å². The van der Waals surface area contributed by atoms with Crippen LogP contribution in [0, 0.1) is 0 Å². The highest BCUT2D eigenvalue weighted by Crippen LogP contribution is 2.37. The lowest BCUT2D eigenvalue weighted by molar-refractivity contribution is -0.137. The van der Waals surface area contributed by atoms with Gasteiger partial charge in [-0.05, 0) is 64.7 Å². The fourth-order valence-electron chi connectivity index (χ4n) is 4.08. The Hall–Kier alpha value is -3.55. The molecule has 0 heterocycles. The summed E-state index contributed by atoms with van der Waals surface area (Å²) in [6.45, 7) is 2.80. The molecule has 0 bridgehead atoms. The van der Waals surface area contributed by atoms with Gasteiger partial charge >= 0.3 is 12.1 Å². The fraction of sp³-hybridized carbons (Fsp3) is 0.179. The number of fused-ring (bicyclic) bond motifs is 1. The van der Waals surface area contributed by atoms with Gasteiger partial charge in [0.15, 0.2) is 0 Å². The molecule has 0 fully saturated rings. The molecule has 0 amide bonds. The van der Waals surface area contributed by atoms with E-state index in [-0.39, 0.29) is 18.2 Å². The zero-order valence-corrected chi connectivity index (χ0v) is 20.0. The number of carboxylic acids is 1. The van der Waals surface area contributed by atoms with Crippen molar-refractivity contribution in [3.63, 3.8) is 0 Å². The maximum absolute atomic E-state index is 13.0. The number of ether oxygens (including phenoxy) is 1. The van der Waals surface area contributed by atoms with E-state index in [4.69, 9.17) is 16.3 Å². The molecule has 0 aliphatic carbocycles. The van der Waals surface area contributed by atoms with Gasteiger partial charge < -0.3 is 15.2 Å². The van der Waals surface area contributed by atoms with Crippen LogP contribution in [0.15, 0.2) is 78.9 Å². The molecule has 36 heavy (non-hydrogen) atoms. The smallest absolute Gasteiger partial charge is 0.417 e. The van der Waals surface area contributed by atoms with Crippen LogP contribution in [0.1, 0.15) is 34.5 Å². The monoisotopic (exact) mass is 513 g/mol. The second kappa shape index (κ2) is 10.6. The minimum Gasteiger partial charge on any atom is -0.492 e. The first kappa shape index (κ1) is 25.5. The van der Waals surface area contributed by atoms with Gasteiger partial charge in [0.1, 0.15) is 12.4 Å². The molecule has 0 spiro atoms. The van der Waals surface area contributed by atoms with Crippen molar-refractivity contribution in [2.45, 2.75) is 19.1 Å². The molecule has 4 aromatic rings. The lowest BCUT2D eigenvalue weighted by Crippen LogP contribution is -2.24. The van der Waals surface area contributed by atoms with E-state index in [1.165, 1.54) is 24.3 Å². The van der Waals surface area contributed by atoms with E-state index < -0.39 is 22.7 Å². The van der Waals surface area contributed by atoms with E-state index in [1.54, 1.807) is 6.07 Å². The topological polar surface area (TPSA) is 58.6 Å². The number of rotatable bonds is 8. The van der Waals surface area contributed by atoms with E-state index in [9.17, 15) is 23.1 Å². The van der Waals surface area contributed by atoms with Crippen LogP contribution >= 0.6 is 11.6 Å². The number of benzene rings is 4. The molecular weight excluding hydrogens is 491 g/mol. The fourth-order valence-corrected chi connectivity index (χ4v) is 4.37. The van der Waals surface area contributed by atoms with Gasteiger partial charge in [-0.25, -0.2) is 4.79 Å². The maximum atomic E-state index is 13.0. The van der Waals surface area contributed by atoms with Crippen molar-refractivity contribution in [2.75, 3.05) is 13.2 Å². The highest BCUT2D eigenvalue weighted by molar-refractivity contribution is 6.31. The van der Waals surface area contributed by atoms with Gasteiger partial charge in [-0.2, -0.15) is 13.2 Å². The largest absolute Gasteiger partial charge is 0.492 e. The predicted molar refractivity (Wildman–Crippen MR) is 135 cm³/mol. The van der Waals surface area contributed by atoms with Crippen molar-refractivity contribution >= 4 is 28.3 Å². The Morgan fingerprint density at radius 2 is 1.75 bits per heavy atom. The first-order chi connectivity index (χ1) is 17.1. The van der Waals surface area contributed by atoms with E-state index >= 15 is 0 Å². The maximum Gasteiger partial charge on any atom is 0.417 e. The van der Waals surface area contributed by atoms with Gasteiger partial charge in [0, 0.05) is 12.6 Å². The molecule has 4 rings (SSSR count). The first-order valence-electron chi connectivity index (χ1n) is 11.2. The van der Waals surface area contributed by atoms with Crippen LogP contribution in [-0.2, 0) is 6.18 Å². The number of carbonyl (C=O) groups is 1. The number of aromatic carboxylic acids is 1. The number of hydrogen-bond donors (Lipinski definition) is 2. The Bertz CT molecular complexity index is 1400. The van der Waals surface area contributed by atoms with E-state index in [2.05, 4.69) is 36.5 Å². The summed E-state index contributed by atoms with van der Waals surface area (Å²) in [6, 6.07) is 22.0. The molecule has 8 heteroatoms. The second-order valence-electron chi connectivity index (χ2n) is 8.34. The van der Waals surface area contributed by atoms with Gasteiger partial charge in [0.05, 0.1) is 16.1 Å². The summed E-state index contributed by atoms with van der Waals surface area (Å²) in [5.74, 6) is -0.886. The predicted octanol–water partition coefficient (Wildman–Crippen LogP) is 7.61. The van der Waals surface area contributed by atoms with Crippen LogP contribution in [-0.4, -0.2) is 24.2 Å². The van der Waals surface area contributed by atoms with Crippen LogP contribution in [0.4, 0.5) is 13.2 Å². The van der Waals surface area contributed by atoms with Crippen molar-refractivity contribution < 1.29 is 27.8 Å². The third-order valence-corrected chi connectivity index (χ3v) is 6.19. The molecule has 1 atom stereocenters. The number of hydrogen-bond acceptors (Lipinski definition) is 3. The Labute approximate surface area is 211 Å². The molecule has 4 nitrogen and oxygen atoms in total. The third-order valence-electron chi connectivity index (χ3n) is 5.87. The average Bonchev–Trinajstić information content (AvgIpc) is 2.85. The van der Waals surface area contributed by atoms with Crippen molar-refractivity contribution in [1.29, 1.82) is 0 Å². The Morgan fingerprint density at radius 3 is 2.47 bits per heavy atom. The first-order valence-corrected chi connectivity index (χ1v) is 11.6. The Morgan fingerprint density at radius 1 is 1.00 bits per heavy atom. The molecule has 0 radical (unpaired) electrons. The quantitative estimate of drug-likeness (QED) is 0.238. The summed E-state index contributed by atoms with van der Waals surface area (Å²) in [6.07, 6.45) is -4.58. The molecule has 186 valence electrons. The summed E-state index contributed by atoms with van der Waals surface area (Å²) in [5, 5.41) is 14.8. The zero-order chi connectivity index (χ0) is 25.9. The van der Waals surface area contributed by atoms with Crippen molar-refractivity contribution in [3.05, 3.63) is 101 Å². The molecule has 0 unspecified atom stereocenters. The van der Waals surface area contributed by atoms with E-state index in [1.807, 2.05) is 18.2 Å². The van der Waals surface area contributed by atoms with Gasteiger partial charge in [-0.1, -0.05) is 60.1 Å². The molecule has 0 aliphatic heterocycles. The molecule has 0 saturated heterocycles. The van der Waals surface area contributed by atoms with E-state index in [0.717, 1.165) is 22.4 Å². The van der Waals surface area contributed by atoms with Crippen molar-refractivity contribution in [3.8, 4) is 16.9 Å². The van der Waals surface area contributed by atoms with Gasteiger partial charge in [-0.15, -0.1) is 0 Å². The average molecular weight is 514 g/mol. The van der Waals surface area contributed by atoms with Crippen LogP contribution < -0.4 is 10.1 Å². The summed E-state index contributed by atoms with van der Waals surface area (Å²) in [4.78, 5) is 11.6. The highest BCUT2D eigenvalue weighted by atomic mass is 35.5. The van der Waals surface area contributed by atoms with Crippen molar-refractivity contribution in [1.82, 2.24) is 5.32 Å². The second-order valence-corrected chi connectivity index (χ2v) is 8.74. The molecular formula is C28H23ClF3NO3. The normalized spacial score (nSPS) is 12.5. The number of nitrogens with one attached hydrogen (secondary N) is 1. The Balaban J connectivity index is 1.47. The van der Waals surface area contributed by atoms with Crippen molar-refractivity contribution in [2.24, 2.45) is 0 Å².